The molecule has 1 saturated carbocycles. The summed E-state index contributed by atoms with van der Waals surface area (Å²) < 4.78 is 0. The van der Waals surface area contributed by atoms with Crippen LogP contribution in [0.3, 0.4) is 0 Å². The van der Waals surface area contributed by atoms with Crippen LogP contribution in [0.5, 0.6) is 0 Å². The summed E-state index contributed by atoms with van der Waals surface area (Å²) in [5.74, 6) is 1.23. The van der Waals surface area contributed by atoms with Crippen LogP contribution in [0.4, 0.5) is 5.69 Å². The zero-order chi connectivity index (χ0) is 13.4. The van der Waals surface area contributed by atoms with Crippen molar-refractivity contribution >= 4 is 16.6 Å². The van der Waals surface area contributed by atoms with Crippen molar-refractivity contribution in [2.75, 3.05) is 25.1 Å². The summed E-state index contributed by atoms with van der Waals surface area (Å²) in [5, 5.41) is 9.58. The number of hydrogen-bond acceptors (Lipinski definition) is 4. The molecule has 2 aromatic rings. The number of aliphatic hydroxyl groups excluding tert-OH is 1. The van der Waals surface area contributed by atoms with Crippen LogP contribution in [0.25, 0.3) is 10.9 Å². The Morgan fingerprint density at radius 2 is 2.26 bits per heavy atom. The number of aromatic amines is 1. The maximum Gasteiger partial charge on any atom is 0.258 e. The second-order valence-electron chi connectivity index (χ2n) is 5.07. The van der Waals surface area contributed by atoms with Crippen molar-refractivity contribution in [2.45, 2.75) is 18.8 Å². The number of hydrogen-bond donors (Lipinski definition) is 2. The van der Waals surface area contributed by atoms with E-state index in [1.807, 2.05) is 24.1 Å². The highest BCUT2D eigenvalue weighted by atomic mass is 16.3. The van der Waals surface area contributed by atoms with Gasteiger partial charge in [0.1, 0.15) is 5.82 Å². The Morgan fingerprint density at radius 3 is 2.95 bits per heavy atom. The van der Waals surface area contributed by atoms with Crippen LogP contribution < -0.4 is 10.5 Å². The third-order valence-corrected chi connectivity index (χ3v) is 3.55. The maximum atomic E-state index is 12.0. The molecule has 0 spiro atoms. The molecule has 1 heterocycles. The van der Waals surface area contributed by atoms with Crippen molar-refractivity contribution in [3.8, 4) is 0 Å². The second-order valence-corrected chi connectivity index (χ2v) is 5.07. The molecule has 3 rings (SSSR count). The standard InChI is InChI=1S/C14H17N3O2/c1-17(6-7-18)10-4-5-11-12(8-10)15-13(9-2-3-9)16-14(11)19/h4-5,8-9,18H,2-3,6-7H2,1H3,(H,15,16,19). The Bertz CT molecular complexity index is 661. The molecule has 5 heteroatoms. The number of aromatic nitrogens is 2. The van der Waals surface area contributed by atoms with Gasteiger partial charge >= 0.3 is 0 Å². The Balaban J connectivity index is 2.07. The summed E-state index contributed by atoms with van der Waals surface area (Å²) >= 11 is 0. The van der Waals surface area contributed by atoms with Gasteiger partial charge in [-0.25, -0.2) is 4.98 Å². The van der Waals surface area contributed by atoms with E-state index in [1.165, 1.54) is 0 Å². The van der Waals surface area contributed by atoms with Gasteiger partial charge in [0.15, 0.2) is 0 Å². The monoisotopic (exact) mass is 259 g/mol. The van der Waals surface area contributed by atoms with Crippen molar-refractivity contribution in [3.05, 3.63) is 34.4 Å². The van der Waals surface area contributed by atoms with Crippen LogP contribution in [0.1, 0.15) is 24.6 Å². The van der Waals surface area contributed by atoms with Gasteiger partial charge < -0.3 is 15.0 Å². The predicted octanol–water partition coefficient (Wildman–Crippen LogP) is 1.23. The van der Waals surface area contributed by atoms with E-state index < -0.39 is 0 Å². The van der Waals surface area contributed by atoms with Crippen LogP contribution in [-0.2, 0) is 0 Å². The average Bonchev–Trinajstić information content (AvgIpc) is 3.22. The van der Waals surface area contributed by atoms with E-state index in [9.17, 15) is 4.79 Å². The third-order valence-electron chi connectivity index (χ3n) is 3.55. The fraction of sp³-hybridized carbons (Fsp3) is 0.429. The van der Waals surface area contributed by atoms with E-state index >= 15 is 0 Å². The largest absolute Gasteiger partial charge is 0.395 e. The minimum atomic E-state index is -0.0664. The van der Waals surface area contributed by atoms with Gasteiger partial charge in [-0.05, 0) is 31.0 Å². The van der Waals surface area contributed by atoms with E-state index in [-0.39, 0.29) is 12.2 Å². The summed E-state index contributed by atoms with van der Waals surface area (Å²) in [6, 6.07) is 5.58. The molecule has 0 atom stereocenters. The van der Waals surface area contributed by atoms with Crippen molar-refractivity contribution in [3.63, 3.8) is 0 Å². The predicted molar refractivity (Wildman–Crippen MR) is 74.7 cm³/mol. The highest BCUT2D eigenvalue weighted by Crippen LogP contribution is 2.37. The molecule has 0 bridgehead atoms. The van der Waals surface area contributed by atoms with Gasteiger partial charge in [-0.1, -0.05) is 0 Å². The zero-order valence-electron chi connectivity index (χ0n) is 10.9. The van der Waals surface area contributed by atoms with Crippen molar-refractivity contribution in [1.29, 1.82) is 0 Å². The van der Waals surface area contributed by atoms with Gasteiger partial charge in [0.05, 0.1) is 17.5 Å². The molecule has 1 aliphatic carbocycles. The topological polar surface area (TPSA) is 69.2 Å². The number of benzene rings is 1. The molecule has 0 aliphatic heterocycles. The van der Waals surface area contributed by atoms with Gasteiger partial charge in [0.2, 0.25) is 0 Å². The number of H-pyrrole nitrogens is 1. The number of nitrogens with zero attached hydrogens (tertiary/aromatic N) is 2. The maximum absolute atomic E-state index is 12.0. The first-order valence-electron chi connectivity index (χ1n) is 6.55. The molecule has 2 N–H and O–H groups in total. The Morgan fingerprint density at radius 1 is 1.47 bits per heavy atom. The van der Waals surface area contributed by atoms with Crippen molar-refractivity contribution in [1.82, 2.24) is 9.97 Å². The SMILES string of the molecule is CN(CCO)c1ccc2c(=O)[nH]c(C3CC3)nc2c1. The lowest BCUT2D eigenvalue weighted by Gasteiger charge is -2.18. The van der Waals surface area contributed by atoms with Gasteiger partial charge in [-0.3, -0.25) is 4.79 Å². The molecular weight excluding hydrogens is 242 g/mol. The van der Waals surface area contributed by atoms with Crippen molar-refractivity contribution in [2.24, 2.45) is 0 Å². The number of fused-ring (bicyclic) bond motifs is 1. The van der Waals surface area contributed by atoms with Crippen LogP contribution in [0.2, 0.25) is 0 Å². The van der Waals surface area contributed by atoms with E-state index in [0.29, 0.717) is 17.8 Å². The zero-order valence-corrected chi connectivity index (χ0v) is 10.9. The van der Waals surface area contributed by atoms with Crippen LogP contribution in [0.15, 0.2) is 23.0 Å². The molecule has 0 radical (unpaired) electrons. The number of anilines is 1. The second kappa shape index (κ2) is 4.66. The number of rotatable bonds is 4. The lowest BCUT2D eigenvalue weighted by atomic mass is 10.2. The molecular formula is C14H17N3O2. The molecule has 19 heavy (non-hydrogen) atoms. The lowest BCUT2D eigenvalue weighted by Crippen LogP contribution is -2.21. The average molecular weight is 259 g/mol. The lowest BCUT2D eigenvalue weighted by molar-refractivity contribution is 0.304. The molecule has 0 unspecified atom stereocenters. The minimum Gasteiger partial charge on any atom is -0.395 e. The molecule has 1 fully saturated rings. The molecule has 1 aromatic heterocycles. The number of likely N-dealkylation sites (N-methyl/N-ethyl adjacent to an activating group) is 1. The molecule has 1 aliphatic rings. The normalized spacial score (nSPS) is 14.8. The number of nitrogens with one attached hydrogen (secondary N) is 1. The highest BCUT2D eigenvalue weighted by Gasteiger charge is 2.26. The van der Waals surface area contributed by atoms with Gasteiger partial charge in [-0.15, -0.1) is 0 Å². The summed E-state index contributed by atoms with van der Waals surface area (Å²) in [6.45, 7) is 0.662. The van der Waals surface area contributed by atoms with Gasteiger partial charge in [0.25, 0.3) is 5.56 Å². The molecule has 5 nitrogen and oxygen atoms in total. The fourth-order valence-corrected chi connectivity index (χ4v) is 2.21. The third kappa shape index (κ3) is 2.33. The smallest absolute Gasteiger partial charge is 0.258 e. The van der Waals surface area contributed by atoms with E-state index in [1.54, 1.807) is 6.07 Å². The first kappa shape index (κ1) is 12.2. The molecule has 0 saturated heterocycles. The Kier molecular flexibility index (Phi) is 2.98. The fourth-order valence-electron chi connectivity index (χ4n) is 2.21. The van der Waals surface area contributed by atoms with Crippen LogP contribution in [0, 0.1) is 0 Å². The van der Waals surface area contributed by atoms with E-state index in [2.05, 4.69) is 9.97 Å². The summed E-state index contributed by atoms with van der Waals surface area (Å²) in [7, 11) is 1.91. The quantitative estimate of drug-likeness (QED) is 0.866. The molecule has 1 aromatic carbocycles. The van der Waals surface area contributed by atoms with E-state index in [0.717, 1.165) is 29.9 Å². The summed E-state index contributed by atoms with van der Waals surface area (Å²) in [6.07, 6.45) is 2.22. The molecule has 100 valence electrons. The van der Waals surface area contributed by atoms with Crippen molar-refractivity contribution < 1.29 is 5.11 Å². The van der Waals surface area contributed by atoms with E-state index in [4.69, 9.17) is 5.11 Å². The first-order valence-corrected chi connectivity index (χ1v) is 6.55. The summed E-state index contributed by atoms with van der Waals surface area (Å²) in [4.78, 5) is 21.4. The Hall–Kier alpha value is -1.88. The van der Waals surface area contributed by atoms with Crippen LogP contribution in [-0.4, -0.2) is 35.3 Å². The minimum absolute atomic E-state index is 0.0664. The highest BCUT2D eigenvalue weighted by molar-refractivity contribution is 5.81. The van der Waals surface area contributed by atoms with Gasteiger partial charge in [-0.2, -0.15) is 0 Å². The Labute approximate surface area is 110 Å². The molecule has 0 amide bonds. The summed E-state index contributed by atoms with van der Waals surface area (Å²) in [5.41, 5.74) is 1.62. The van der Waals surface area contributed by atoms with Crippen LogP contribution >= 0.6 is 0 Å². The van der Waals surface area contributed by atoms with Gasteiger partial charge in [0, 0.05) is 25.2 Å². The first-order chi connectivity index (χ1) is 9.19. The number of aliphatic hydroxyl groups is 1.